The number of carbonyl (C=O) groups excluding carboxylic acids is 1. The Morgan fingerprint density at radius 2 is 2.17 bits per heavy atom. The lowest BCUT2D eigenvalue weighted by Crippen LogP contribution is -2.25. The average Bonchev–Trinajstić information content (AvgIpc) is 2.31. The van der Waals surface area contributed by atoms with Crippen LogP contribution in [-0.2, 0) is 16.1 Å². The number of hydrogen-bond donors (Lipinski definition) is 0. The van der Waals surface area contributed by atoms with Gasteiger partial charge in [0.05, 0.1) is 13.7 Å². The molecule has 1 rings (SSSR count). The number of nitrogens with zero attached hydrogens (tertiary/aromatic N) is 1. The van der Waals surface area contributed by atoms with Crippen LogP contribution >= 0.6 is 0 Å². The van der Waals surface area contributed by atoms with Gasteiger partial charge in [-0.1, -0.05) is 13.8 Å². The molecule has 0 bridgehead atoms. The smallest absolute Gasteiger partial charge is 0.326 e. The van der Waals surface area contributed by atoms with Gasteiger partial charge < -0.3 is 14.0 Å². The van der Waals surface area contributed by atoms with E-state index in [-0.39, 0.29) is 17.9 Å². The van der Waals surface area contributed by atoms with Crippen molar-refractivity contribution in [1.82, 2.24) is 4.57 Å². The van der Waals surface area contributed by atoms with Crippen molar-refractivity contribution >= 4 is 5.97 Å². The predicted octanol–water partition coefficient (Wildman–Crippen LogP) is 1.45. The summed E-state index contributed by atoms with van der Waals surface area (Å²) < 4.78 is 11.2. The van der Waals surface area contributed by atoms with Crippen LogP contribution in [0.15, 0.2) is 23.1 Å². The van der Waals surface area contributed by atoms with E-state index in [0.717, 1.165) is 6.42 Å². The molecule has 0 saturated carbocycles. The third-order valence-corrected chi connectivity index (χ3v) is 2.46. The molecule has 0 unspecified atom stereocenters. The molecule has 0 atom stereocenters. The van der Waals surface area contributed by atoms with Crippen LogP contribution in [0.1, 0.15) is 20.3 Å². The van der Waals surface area contributed by atoms with Gasteiger partial charge in [-0.05, 0) is 24.5 Å². The Kier molecular flexibility index (Phi) is 5.42. The van der Waals surface area contributed by atoms with E-state index in [0.29, 0.717) is 12.5 Å². The summed E-state index contributed by atoms with van der Waals surface area (Å²) in [5.41, 5.74) is -0.333. The topological polar surface area (TPSA) is 57.5 Å². The third kappa shape index (κ3) is 4.24. The summed E-state index contributed by atoms with van der Waals surface area (Å²) in [4.78, 5) is 23.3. The number of methoxy groups -OCH3 is 1. The van der Waals surface area contributed by atoms with Crippen molar-refractivity contribution in [1.29, 1.82) is 0 Å². The zero-order valence-corrected chi connectivity index (χ0v) is 11.0. The van der Waals surface area contributed by atoms with Crippen LogP contribution in [0.25, 0.3) is 0 Å². The number of rotatable bonds is 6. The minimum atomic E-state index is -0.411. The number of hydrogen-bond acceptors (Lipinski definition) is 4. The molecule has 18 heavy (non-hydrogen) atoms. The van der Waals surface area contributed by atoms with Gasteiger partial charge in [0, 0.05) is 6.20 Å². The van der Waals surface area contributed by atoms with E-state index in [9.17, 15) is 9.59 Å². The normalized spacial score (nSPS) is 10.4. The lowest BCUT2D eigenvalue weighted by molar-refractivity contribution is -0.144. The fraction of sp³-hybridized carbons (Fsp3) is 0.538. The zero-order valence-electron chi connectivity index (χ0n) is 11.0. The minimum absolute atomic E-state index is 0.0892. The molecule has 100 valence electrons. The van der Waals surface area contributed by atoms with Crippen molar-refractivity contribution in [2.75, 3.05) is 13.7 Å². The van der Waals surface area contributed by atoms with E-state index in [2.05, 4.69) is 13.8 Å². The molecule has 0 aliphatic carbocycles. The van der Waals surface area contributed by atoms with Crippen LogP contribution in [0.3, 0.4) is 0 Å². The maximum absolute atomic E-state index is 11.7. The minimum Gasteiger partial charge on any atom is -0.491 e. The van der Waals surface area contributed by atoms with Gasteiger partial charge in [0.2, 0.25) is 0 Å². The monoisotopic (exact) mass is 253 g/mol. The Morgan fingerprint density at radius 3 is 2.78 bits per heavy atom. The maximum Gasteiger partial charge on any atom is 0.326 e. The summed E-state index contributed by atoms with van der Waals surface area (Å²) in [5.74, 6) is 0.288. The first-order valence-electron chi connectivity index (χ1n) is 5.93. The number of ether oxygens (including phenoxy) is 2. The van der Waals surface area contributed by atoms with E-state index in [1.54, 1.807) is 12.1 Å². The Labute approximate surface area is 106 Å². The SMILES string of the molecule is COc1cccn(CC(=O)OCCC(C)C)c1=O. The van der Waals surface area contributed by atoms with Crippen LogP contribution in [0.5, 0.6) is 5.75 Å². The Bertz CT molecular complexity index is 451. The predicted molar refractivity (Wildman–Crippen MR) is 67.7 cm³/mol. The van der Waals surface area contributed by atoms with Crippen molar-refractivity contribution in [2.24, 2.45) is 5.92 Å². The van der Waals surface area contributed by atoms with Gasteiger partial charge >= 0.3 is 5.97 Å². The summed E-state index contributed by atoms with van der Waals surface area (Å²) in [6, 6.07) is 3.21. The fourth-order valence-corrected chi connectivity index (χ4v) is 1.39. The molecule has 0 N–H and O–H groups in total. The molecule has 5 heteroatoms. The van der Waals surface area contributed by atoms with Gasteiger partial charge in [0.15, 0.2) is 5.75 Å². The third-order valence-electron chi connectivity index (χ3n) is 2.46. The van der Waals surface area contributed by atoms with Gasteiger partial charge in [0.1, 0.15) is 6.54 Å². The van der Waals surface area contributed by atoms with Crippen LogP contribution < -0.4 is 10.3 Å². The molecule has 5 nitrogen and oxygen atoms in total. The summed E-state index contributed by atoms with van der Waals surface area (Å²) >= 11 is 0. The highest BCUT2D eigenvalue weighted by Crippen LogP contribution is 2.02. The van der Waals surface area contributed by atoms with Crippen molar-refractivity contribution in [3.05, 3.63) is 28.7 Å². The maximum atomic E-state index is 11.7. The summed E-state index contributed by atoms with van der Waals surface area (Å²) in [7, 11) is 1.42. The quantitative estimate of drug-likeness (QED) is 0.720. The second-order valence-electron chi connectivity index (χ2n) is 4.41. The lowest BCUT2D eigenvalue weighted by atomic mass is 10.1. The molecule has 1 aromatic rings. The summed E-state index contributed by atoms with van der Waals surface area (Å²) in [6.45, 7) is 4.41. The second-order valence-corrected chi connectivity index (χ2v) is 4.41. The zero-order chi connectivity index (χ0) is 13.5. The molecule has 0 aromatic carbocycles. The first-order chi connectivity index (χ1) is 8.54. The highest BCUT2D eigenvalue weighted by molar-refractivity contribution is 5.69. The molecule has 1 aromatic heterocycles. The van der Waals surface area contributed by atoms with Gasteiger partial charge in [0.25, 0.3) is 5.56 Å². The first-order valence-corrected chi connectivity index (χ1v) is 5.93. The van der Waals surface area contributed by atoms with E-state index >= 15 is 0 Å². The van der Waals surface area contributed by atoms with E-state index in [1.807, 2.05) is 0 Å². The lowest BCUT2D eigenvalue weighted by Gasteiger charge is -2.09. The van der Waals surface area contributed by atoms with Crippen molar-refractivity contribution in [3.63, 3.8) is 0 Å². The van der Waals surface area contributed by atoms with Crippen LogP contribution in [-0.4, -0.2) is 24.3 Å². The van der Waals surface area contributed by atoms with Gasteiger partial charge in [-0.2, -0.15) is 0 Å². The fourth-order valence-electron chi connectivity index (χ4n) is 1.39. The average molecular weight is 253 g/mol. The Hall–Kier alpha value is -1.78. The number of carbonyl (C=O) groups is 1. The standard InChI is InChI=1S/C13H19NO4/c1-10(2)6-8-18-12(15)9-14-7-4-5-11(17-3)13(14)16/h4-5,7,10H,6,8-9H2,1-3H3. The Morgan fingerprint density at radius 1 is 1.44 bits per heavy atom. The van der Waals surface area contributed by atoms with Crippen molar-refractivity contribution < 1.29 is 14.3 Å². The van der Waals surface area contributed by atoms with E-state index in [4.69, 9.17) is 9.47 Å². The van der Waals surface area contributed by atoms with Crippen LogP contribution in [0, 0.1) is 5.92 Å². The molecule has 0 radical (unpaired) electrons. The van der Waals surface area contributed by atoms with Crippen LogP contribution in [0.2, 0.25) is 0 Å². The molecule has 0 aliphatic heterocycles. The molecular formula is C13H19NO4. The highest BCUT2D eigenvalue weighted by atomic mass is 16.5. The molecule has 0 saturated heterocycles. The largest absolute Gasteiger partial charge is 0.491 e. The van der Waals surface area contributed by atoms with Gasteiger partial charge in [-0.3, -0.25) is 9.59 Å². The van der Waals surface area contributed by atoms with E-state index in [1.165, 1.54) is 17.9 Å². The van der Waals surface area contributed by atoms with Crippen molar-refractivity contribution in [2.45, 2.75) is 26.8 Å². The molecule has 0 spiro atoms. The number of pyridine rings is 1. The highest BCUT2D eigenvalue weighted by Gasteiger charge is 2.08. The van der Waals surface area contributed by atoms with Gasteiger partial charge in [-0.25, -0.2) is 0 Å². The molecule has 0 amide bonds. The second kappa shape index (κ2) is 6.83. The summed E-state index contributed by atoms with van der Waals surface area (Å²) in [6.07, 6.45) is 2.35. The van der Waals surface area contributed by atoms with Crippen molar-refractivity contribution in [3.8, 4) is 5.75 Å². The van der Waals surface area contributed by atoms with E-state index < -0.39 is 5.97 Å². The number of aromatic nitrogens is 1. The Balaban J connectivity index is 2.57. The van der Waals surface area contributed by atoms with Crippen LogP contribution in [0.4, 0.5) is 0 Å². The molecule has 0 fully saturated rings. The molecule has 0 aliphatic rings. The number of esters is 1. The molecular weight excluding hydrogens is 234 g/mol. The summed E-state index contributed by atoms with van der Waals surface area (Å²) in [5, 5.41) is 0. The molecule has 1 heterocycles. The van der Waals surface area contributed by atoms with Gasteiger partial charge in [-0.15, -0.1) is 0 Å². The first kappa shape index (κ1) is 14.3.